The first-order valence-electron chi connectivity index (χ1n) is 11.7. The van der Waals surface area contributed by atoms with Crippen LogP contribution in [0, 0.1) is 0 Å². The topological polar surface area (TPSA) is 73.9 Å². The fourth-order valence-electron chi connectivity index (χ4n) is 4.81. The summed E-state index contributed by atoms with van der Waals surface area (Å²) in [6.07, 6.45) is 1.04. The first-order valence-corrected chi connectivity index (χ1v) is 13.8. The van der Waals surface area contributed by atoms with Crippen molar-refractivity contribution in [3.05, 3.63) is 68.7 Å². The number of rotatable bonds is 9. The van der Waals surface area contributed by atoms with Crippen molar-refractivity contribution in [2.45, 2.75) is 38.5 Å². The summed E-state index contributed by atoms with van der Waals surface area (Å²) < 4.78 is 16.5. The number of nitrogens with one attached hydrogen (secondary N) is 1. The molecule has 2 aliphatic rings. The molecule has 0 radical (unpaired) electrons. The third-order valence-corrected chi connectivity index (χ3v) is 8.22. The van der Waals surface area contributed by atoms with Crippen LogP contribution in [0.5, 0.6) is 11.5 Å². The van der Waals surface area contributed by atoms with Crippen molar-refractivity contribution in [3.8, 4) is 11.5 Å². The number of carbonyl (C=O) groups is 2. The normalized spacial score (nSPS) is 19.8. The Morgan fingerprint density at radius 1 is 1.17 bits per heavy atom. The smallest absolute Gasteiger partial charge is 0.336 e. The molecule has 1 aromatic carbocycles. The fraction of sp³-hybridized carbons (Fsp3) is 0.407. The minimum absolute atomic E-state index is 0.00455. The van der Waals surface area contributed by atoms with Crippen molar-refractivity contribution in [3.63, 3.8) is 0 Å². The van der Waals surface area contributed by atoms with Crippen LogP contribution < -0.4 is 14.8 Å². The number of benzene rings is 1. The number of Topliss-reactive ketones (excluding diaryl/α,β-unsaturated/α-hetero) is 1. The molecular weight excluding hydrogens is 482 g/mol. The highest BCUT2D eigenvalue weighted by Crippen LogP contribution is 2.47. The number of carbonyl (C=O) groups excluding carboxylic acids is 2. The maximum absolute atomic E-state index is 13.6. The molecule has 2 atom stereocenters. The van der Waals surface area contributed by atoms with Gasteiger partial charge < -0.3 is 19.5 Å². The SMILES string of the molecule is CCSCCOC(=O)C1=C(C)NC2=C(C(=O)C[C@H](c3ccc(OC)c(OC)c3)C2)[C@H]1c1cccs1. The lowest BCUT2D eigenvalue weighted by Crippen LogP contribution is -2.36. The molecule has 1 N–H and O–H groups in total. The summed E-state index contributed by atoms with van der Waals surface area (Å²) in [5.41, 5.74) is 3.87. The zero-order valence-electron chi connectivity index (χ0n) is 20.5. The average molecular weight is 514 g/mol. The molecule has 0 bridgehead atoms. The van der Waals surface area contributed by atoms with E-state index in [0.717, 1.165) is 33.3 Å². The maximum Gasteiger partial charge on any atom is 0.336 e. The Balaban J connectivity index is 1.66. The van der Waals surface area contributed by atoms with Crippen LogP contribution >= 0.6 is 23.1 Å². The van der Waals surface area contributed by atoms with Gasteiger partial charge in [0.2, 0.25) is 0 Å². The molecule has 0 unspecified atom stereocenters. The molecule has 0 amide bonds. The van der Waals surface area contributed by atoms with Gasteiger partial charge in [-0.1, -0.05) is 19.1 Å². The number of ether oxygens (including phenoxy) is 3. The quantitative estimate of drug-likeness (QED) is 0.354. The van der Waals surface area contributed by atoms with E-state index in [4.69, 9.17) is 14.2 Å². The van der Waals surface area contributed by atoms with Gasteiger partial charge in [-0.25, -0.2) is 4.79 Å². The molecule has 0 saturated carbocycles. The second-order valence-corrected chi connectivity index (χ2v) is 10.9. The van der Waals surface area contributed by atoms with E-state index in [0.29, 0.717) is 42.1 Å². The van der Waals surface area contributed by atoms with Gasteiger partial charge in [-0.2, -0.15) is 11.8 Å². The Morgan fingerprint density at radius 3 is 2.66 bits per heavy atom. The van der Waals surface area contributed by atoms with E-state index in [-0.39, 0.29) is 17.7 Å². The van der Waals surface area contributed by atoms with E-state index in [9.17, 15) is 9.59 Å². The van der Waals surface area contributed by atoms with Crippen LogP contribution in [0.25, 0.3) is 0 Å². The van der Waals surface area contributed by atoms with E-state index in [1.165, 1.54) is 0 Å². The summed E-state index contributed by atoms with van der Waals surface area (Å²) in [4.78, 5) is 27.8. The second-order valence-electron chi connectivity index (χ2n) is 8.48. The third kappa shape index (κ3) is 5.28. The predicted molar refractivity (Wildman–Crippen MR) is 140 cm³/mol. The lowest BCUT2D eigenvalue weighted by atomic mass is 9.73. The number of ketones is 1. The first kappa shape index (κ1) is 25.4. The van der Waals surface area contributed by atoms with Crippen molar-refractivity contribution in [1.82, 2.24) is 5.32 Å². The van der Waals surface area contributed by atoms with Gasteiger partial charge in [-0.15, -0.1) is 11.3 Å². The van der Waals surface area contributed by atoms with Crippen LogP contribution in [0.1, 0.15) is 49.0 Å². The van der Waals surface area contributed by atoms with E-state index in [2.05, 4.69) is 12.2 Å². The molecule has 35 heavy (non-hydrogen) atoms. The minimum atomic E-state index is -0.406. The summed E-state index contributed by atoms with van der Waals surface area (Å²) in [5.74, 6) is 2.33. The Labute approximate surface area is 214 Å². The van der Waals surface area contributed by atoms with Gasteiger partial charge >= 0.3 is 5.97 Å². The van der Waals surface area contributed by atoms with Gasteiger partial charge in [0.05, 0.1) is 25.7 Å². The average Bonchev–Trinajstić information content (AvgIpc) is 3.39. The van der Waals surface area contributed by atoms with Crippen molar-refractivity contribution in [2.75, 3.05) is 32.3 Å². The number of dihydropyridines is 1. The maximum atomic E-state index is 13.6. The van der Waals surface area contributed by atoms with Gasteiger partial charge in [0.25, 0.3) is 0 Å². The molecule has 186 valence electrons. The summed E-state index contributed by atoms with van der Waals surface area (Å²) in [5, 5.41) is 5.38. The first-order chi connectivity index (χ1) is 17.0. The molecule has 0 saturated heterocycles. The summed E-state index contributed by atoms with van der Waals surface area (Å²) in [7, 11) is 3.22. The lowest BCUT2D eigenvalue weighted by molar-refractivity contribution is -0.138. The zero-order valence-corrected chi connectivity index (χ0v) is 22.1. The minimum Gasteiger partial charge on any atom is -0.493 e. The number of hydrogen-bond donors (Lipinski definition) is 1. The molecular formula is C27H31NO5S2. The molecule has 2 heterocycles. The summed E-state index contributed by atoms with van der Waals surface area (Å²) in [6.45, 7) is 4.33. The number of esters is 1. The molecule has 1 aliphatic heterocycles. The largest absolute Gasteiger partial charge is 0.493 e. The number of allylic oxidation sites excluding steroid dienone is 3. The van der Waals surface area contributed by atoms with Crippen molar-refractivity contribution >= 4 is 34.9 Å². The van der Waals surface area contributed by atoms with E-state index in [1.54, 1.807) is 37.3 Å². The summed E-state index contributed by atoms with van der Waals surface area (Å²) >= 11 is 3.29. The molecule has 4 rings (SSSR count). The molecule has 1 aromatic heterocycles. The molecule has 8 heteroatoms. The van der Waals surface area contributed by atoms with Crippen molar-refractivity contribution in [2.24, 2.45) is 0 Å². The van der Waals surface area contributed by atoms with Gasteiger partial charge in [0.1, 0.15) is 6.61 Å². The molecule has 2 aromatic rings. The predicted octanol–water partition coefficient (Wildman–Crippen LogP) is 5.42. The highest BCUT2D eigenvalue weighted by atomic mass is 32.2. The van der Waals surface area contributed by atoms with Crippen LogP contribution in [0.4, 0.5) is 0 Å². The second kappa shape index (κ2) is 11.4. The molecule has 0 spiro atoms. The van der Waals surface area contributed by atoms with Gasteiger partial charge in [0.15, 0.2) is 17.3 Å². The number of thioether (sulfide) groups is 1. The third-order valence-electron chi connectivity index (χ3n) is 6.42. The Kier molecular flexibility index (Phi) is 8.23. The van der Waals surface area contributed by atoms with Gasteiger partial charge in [-0.05, 0) is 54.2 Å². The monoisotopic (exact) mass is 513 g/mol. The zero-order chi connectivity index (χ0) is 24.9. The number of thiophene rings is 1. The molecule has 0 fully saturated rings. The van der Waals surface area contributed by atoms with Gasteiger partial charge in [-0.3, -0.25) is 4.79 Å². The Morgan fingerprint density at radius 2 is 1.97 bits per heavy atom. The highest BCUT2D eigenvalue weighted by Gasteiger charge is 2.42. The molecule has 6 nitrogen and oxygen atoms in total. The van der Waals surface area contributed by atoms with Crippen LogP contribution in [-0.2, 0) is 14.3 Å². The van der Waals surface area contributed by atoms with Gasteiger partial charge in [0, 0.05) is 34.0 Å². The summed E-state index contributed by atoms with van der Waals surface area (Å²) in [6, 6.07) is 9.76. The number of hydrogen-bond acceptors (Lipinski definition) is 8. The van der Waals surface area contributed by atoms with Crippen molar-refractivity contribution in [1.29, 1.82) is 0 Å². The number of methoxy groups -OCH3 is 2. The van der Waals surface area contributed by atoms with Crippen LogP contribution in [-0.4, -0.2) is 44.1 Å². The lowest BCUT2D eigenvalue weighted by Gasteiger charge is -2.36. The van der Waals surface area contributed by atoms with Crippen LogP contribution in [0.15, 0.2) is 58.3 Å². The van der Waals surface area contributed by atoms with E-state index < -0.39 is 5.92 Å². The molecule has 1 aliphatic carbocycles. The van der Waals surface area contributed by atoms with E-state index >= 15 is 0 Å². The highest BCUT2D eigenvalue weighted by molar-refractivity contribution is 7.99. The van der Waals surface area contributed by atoms with Crippen LogP contribution in [0.3, 0.4) is 0 Å². The van der Waals surface area contributed by atoms with Crippen LogP contribution in [0.2, 0.25) is 0 Å². The Hall–Kier alpha value is -2.71. The Bertz CT molecular complexity index is 1150. The van der Waals surface area contributed by atoms with Crippen molar-refractivity contribution < 1.29 is 23.8 Å². The van der Waals surface area contributed by atoms with E-state index in [1.807, 2.05) is 42.6 Å². The standard InChI is InChI=1S/C27H31NO5S2/c1-5-34-12-10-33-27(30)24-16(2)28-19-13-18(17-8-9-21(31-3)22(15-17)32-4)14-20(29)25(19)26(24)23-7-6-11-35-23/h6-9,11,15,18,26,28H,5,10,12-14H2,1-4H3/t18-,26+/m1/s1. The fourth-order valence-corrected chi connectivity index (χ4v) is 6.14.